The van der Waals surface area contributed by atoms with Gasteiger partial charge in [0.2, 0.25) is 0 Å². The number of ether oxygens (including phenoxy) is 1. The van der Waals surface area contributed by atoms with Crippen molar-refractivity contribution in [3.8, 4) is 0 Å². The Balaban J connectivity index is 3.64. The summed E-state index contributed by atoms with van der Waals surface area (Å²) in [6.45, 7) is 6.12. The van der Waals surface area contributed by atoms with Crippen molar-refractivity contribution >= 4 is 5.97 Å². The van der Waals surface area contributed by atoms with Crippen LogP contribution >= 0.6 is 0 Å². The van der Waals surface area contributed by atoms with Crippen LogP contribution in [0.2, 0.25) is 0 Å². The molecule has 4 nitrogen and oxygen atoms in total. The first-order valence-corrected chi connectivity index (χ1v) is 5.02. The molecule has 84 valence electrons. The molecule has 0 fully saturated rings. The van der Waals surface area contributed by atoms with Crippen LogP contribution < -0.4 is 11.5 Å². The quantitative estimate of drug-likeness (QED) is 0.646. The summed E-state index contributed by atoms with van der Waals surface area (Å²) in [5, 5.41) is 0. The van der Waals surface area contributed by atoms with Crippen LogP contribution in [-0.4, -0.2) is 24.2 Å². The predicted molar refractivity (Wildman–Crippen MR) is 56.7 cm³/mol. The molecule has 0 amide bonds. The molecule has 4 N–H and O–H groups in total. The van der Waals surface area contributed by atoms with Crippen molar-refractivity contribution in [2.24, 2.45) is 11.5 Å². The first-order valence-electron chi connectivity index (χ1n) is 5.02. The summed E-state index contributed by atoms with van der Waals surface area (Å²) in [6.07, 6.45) is 1.77. The van der Waals surface area contributed by atoms with Crippen molar-refractivity contribution < 1.29 is 9.53 Å². The largest absolute Gasteiger partial charge is 0.460 e. The third kappa shape index (κ3) is 8.01. The fourth-order valence-electron chi connectivity index (χ4n) is 1.05. The Morgan fingerprint density at radius 3 is 2.36 bits per heavy atom. The highest BCUT2D eigenvalue weighted by Gasteiger charge is 2.16. The van der Waals surface area contributed by atoms with E-state index in [2.05, 4.69) is 0 Å². The van der Waals surface area contributed by atoms with Crippen LogP contribution in [0.25, 0.3) is 0 Å². The van der Waals surface area contributed by atoms with Gasteiger partial charge in [-0.25, -0.2) is 0 Å². The van der Waals surface area contributed by atoms with Crippen LogP contribution in [0.15, 0.2) is 0 Å². The first-order chi connectivity index (χ1) is 6.35. The van der Waals surface area contributed by atoms with E-state index in [9.17, 15) is 4.79 Å². The van der Waals surface area contributed by atoms with Gasteiger partial charge in [-0.05, 0) is 40.2 Å². The third-order valence-electron chi connectivity index (χ3n) is 1.68. The molecule has 4 heteroatoms. The van der Waals surface area contributed by atoms with E-state index in [0.717, 1.165) is 6.42 Å². The number of carbonyl (C=O) groups is 1. The van der Waals surface area contributed by atoms with Crippen molar-refractivity contribution in [3.05, 3.63) is 0 Å². The molecule has 0 aromatic rings. The molecular weight excluding hydrogens is 180 g/mol. The van der Waals surface area contributed by atoms with Crippen LogP contribution in [0, 0.1) is 0 Å². The lowest BCUT2D eigenvalue weighted by molar-refractivity contribution is -0.155. The van der Waals surface area contributed by atoms with Gasteiger partial charge in [-0.3, -0.25) is 4.79 Å². The van der Waals surface area contributed by atoms with Gasteiger partial charge in [0.25, 0.3) is 0 Å². The summed E-state index contributed by atoms with van der Waals surface area (Å²) in [5.74, 6) is -0.190. The lowest BCUT2D eigenvalue weighted by Crippen LogP contribution is -2.27. The van der Waals surface area contributed by atoms with Crippen molar-refractivity contribution in [1.29, 1.82) is 0 Å². The SMILES string of the molecule is CC(C)(C)OC(=O)CCC(N)CCN. The highest BCUT2D eigenvalue weighted by atomic mass is 16.6. The van der Waals surface area contributed by atoms with Gasteiger partial charge in [0.05, 0.1) is 0 Å². The number of hydrogen-bond donors (Lipinski definition) is 2. The number of carbonyl (C=O) groups excluding carboxylic acids is 1. The molecule has 0 rings (SSSR count). The fourth-order valence-corrected chi connectivity index (χ4v) is 1.05. The van der Waals surface area contributed by atoms with Crippen LogP contribution in [0.5, 0.6) is 0 Å². The van der Waals surface area contributed by atoms with E-state index in [4.69, 9.17) is 16.2 Å². The van der Waals surface area contributed by atoms with Gasteiger partial charge in [-0.1, -0.05) is 0 Å². The predicted octanol–water partition coefficient (Wildman–Crippen LogP) is 0.784. The number of esters is 1. The van der Waals surface area contributed by atoms with Gasteiger partial charge in [0, 0.05) is 12.5 Å². The van der Waals surface area contributed by atoms with Crippen LogP contribution in [0.4, 0.5) is 0 Å². The van der Waals surface area contributed by atoms with E-state index in [1.54, 1.807) is 0 Å². The molecule has 0 saturated carbocycles. The Labute approximate surface area is 86.0 Å². The number of rotatable bonds is 5. The van der Waals surface area contributed by atoms with Crippen molar-refractivity contribution in [3.63, 3.8) is 0 Å². The van der Waals surface area contributed by atoms with E-state index in [1.165, 1.54) is 0 Å². The Hall–Kier alpha value is -0.610. The second-order valence-electron chi connectivity index (χ2n) is 4.46. The van der Waals surface area contributed by atoms with E-state index in [-0.39, 0.29) is 12.0 Å². The monoisotopic (exact) mass is 202 g/mol. The molecule has 0 radical (unpaired) electrons. The lowest BCUT2D eigenvalue weighted by atomic mass is 10.1. The molecule has 0 aliphatic heterocycles. The van der Waals surface area contributed by atoms with Gasteiger partial charge in [0.1, 0.15) is 5.60 Å². The molecule has 0 aromatic carbocycles. The van der Waals surface area contributed by atoms with Gasteiger partial charge in [0.15, 0.2) is 0 Å². The fraction of sp³-hybridized carbons (Fsp3) is 0.900. The highest BCUT2D eigenvalue weighted by molar-refractivity contribution is 5.69. The van der Waals surface area contributed by atoms with E-state index >= 15 is 0 Å². The number of nitrogens with two attached hydrogens (primary N) is 2. The molecule has 0 spiro atoms. The normalized spacial score (nSPS) is 13.8. The van der Waals surface area contributed by atoms with Gasteiger partial charge in [-0.15, -0.1) is 0 Å². The second kappa shape index (κ2) is 5.98. The van der Waals surface area contributed by atoms with Gasteiger partial charge in [-0.2, -0.15) is 0 Å². The Kier molecular flexibility index (Phi) is 5.72. The molecule has 0 saturated heterocycles. The first kappa shape index (κ1) is 13.4. The molecule has 0 heterocycles. The zero-order valence-corrected chi connectivity index (χ0v) is 9.38. The Morgan fingerprint density at radius 2 is 1.93 bits per heavy atom. The molecule has 0 aromatic heterocycles. The molecule has 0 aliphatic rings. The van der Waals surface area contributed by atoms with Crippen LogP contribution in [-0.2, 0) is 9.53 Å². The minimum atomic E-state index is -0.408. The molecule has 1 unspecified atom stereocenters. The molecular formula is C10H22N2O2. The Morgan fingerprint density at radius 1 is 1.36 bits per heavy atom. The van der Waals surface area contributed by atoms with Gasteiger partial charge < -0.3 is 16.2 Å². The lowest BCUT2D eigenvalue weighted by Gasteiger charge is -2.20. The Bertz CT molecular complexity index is 175. The summed E-state index contributed by atoms with van der Waals surface area (Å²) >= 11 is 0. The topological polar surface area (TPSA) is 78.3 Å². The molecule has 0 bridgehead atoms. The maximum Gasteiger partial charge on any atom is 0.306 e. The van der Waals surface area contributed by atoms with E-state index < -0.39 is 5.60 Å². The highest BCUT2D eigenvalue weighted by Crippen LogP contribution is 2.10. The summed E-state index contributed by atoms with van der Waals surface area (Å²) in [7, 11) is 0. The molecule has 0 aliphatic carbocycles. The standard InChI is InChI=1S/C10H22N2O2/c1-10(2,3)14-9(13)5-4-8(12)6-7-11/h8H,4-7,11-12H2,1-3H3. The smallest absolute Gasteiger partial charge is 0.306 e. The van der Waals surface area contributed by atoms with Crippen molar-refractivity contribution in [2.45, 2.75) is 51.7 Å². The number of hydrogen-bond acceptors (Lipinski definition) is 4. The van der Waals surface area contributed by atoms with Crippen LogP contribution in [0.1, 0.15) is 40.0 Å². The second-order valence-corrected chi connectivity index (χ2v) is 4.46. The summed E-state index contributed by atoms with van der Waals surface area (Å²) in [4.78, 5) is 11.3. The maximum absolute atomic E-state index is 11.3. The van der Waals surface area contributed by atoms with Crippen molar-refractivity contribution in [2.75, 3.05) is 6.54 Å². The summed E-state index contributed by atoms with van der Waals surface area (Å²) in [6, 6.07) is 0.00696. The van der Waals surface area contributed by atoms with E-state index in [0.29, 0.717) is 19.4 Å². The van der Waals surface area contributed by atoms with Crippen molar-refractivity contribution in [1.82, 2.24) is 0 Å². The van der Waals surface area contributed by atoms with E-state index in [1.807, 2.05) is 20.8 Å². The average Bonchev–Trinajstić information content (AvgIpc) is 1.98. The average molecular weight is 202 g/mol. The molecule has 1 atom stereocenters. The molecule has 14 heavy (non-hydrogen) atoms. The van der Waals surface area contributed by atoms with Crippen LogP contribution in [0.3, 0.4) is 0 Å². The zero-order chi connectivity index (χ0) is 11.2. The summed E-state index contributed by atoms with van der Waals surface area (Å²) in [5.41, 5.74) is 10.6. The minimum absolute atomic E-state index is 0.00696. The maximum atomic E-state index is 11.3. The summed E-state index contributed by atoms with van der Waals surface area (Å²) < 4.78 is 5.14. The minimum Gasteiger partial charge on any atom is -0.460 e. The van der Waals surface area contributed by atoms with Gasteiger partial charge >= 0.3 is 5.97 Å². The zero-order valence-electron chi connectivity index (χ0n) is 9.38. The third-order valence-corrected chi connectivity index (χ3v) is 1.68.